The largest absolute Gasteiger partial charge is 0.349 e. The number of aromatic nitrogens is 2. The summed E-state index contributed by atoms with van der Waals surface area (Å²) < 4.78 is 2.09. The summed E-state index contributed by atoms with van der Waals surface area (Å²) in [5, 5.41) is 4.09. The van der Waals surface area contributed by atoms with Crippen LogP contribution in [0.3, 0.4) is 0 Å². The standard InChI is InChI=1S/C18H23N3OS/c1-13(2)21-11-10-19-18(21)23-12-17(22)20-16-9-5-7-14-6-3-4-8-15(14)16/h3-4,6,8,10-11,13,16H,5,7,9,12H2,1-2H3,(H,20,22)/t16-/m1/s1. The van der Waals surface area contributed by atoms with Gasteiger partial charge in [0.15, 0.2) is 5.16 Å². The number of carbonyl (C=O) groups excluding carboxylic acids is 1. The summed E-state index contributed by atoms with van der Waals surface area (Å²) in [6, 6.07) is 8.94. The van der Waals surface area contributed by atoms with Gasteiger partial charge in [-0.2, -0.15) is 0 Å². The topological polar surface area (TPSA) is 46.9 Å². The third kappa shape index (κ3) is 3.78. The van der Waals surface area contributed by atoms with Crippen LogP contribution < -0.4 is 5.32 Å². The number of rotatable bonds is 5. The summed E-state index contributed by atoms with van der Waals surface area (Å²) in [4.78, 5) is 16.7. The maximum atomic E-state index is 12.3. The van der Waals surface area contributed by atoms with E-state index in [1.54, 1.807) is 6.20 Å². The van der Waals surface area contributed by atoms with E-state index in [1.807, 2.05) is 6.20 Å². The number of benzene rings is 1. The van der Waals surface area contributed by atoms with Crippen molar-refractivity contribution in [1.82, 2.24) is 14.9 Å². The molecule has 0 bridgehead atoms. The fraction of sp³-hybridized carbons (Fsp3) is 0.444. The number of aryl methyl sites for hydroxylation is 1. The Morgan fingerprint density at radius 3 is 3.09 bits per heavy atom. The van der Waals surface area contributed by atoms with Gasteiger partial charge in [0.1, 0.15) is 0 Å². The zero-order valence-electron chi connectivity index (χ0n) is 13.7. The maximum absolute atomic E-state index is 12.3. The Morgan fingerprint density at radius 1 is 1.43 bits per heavy atom. The van der Waals surface area contributed by atoms with E-state index in [1.165, 1.54) is 22.9 Å². The van der Waals surface area contributed by atoms with Gasteiger partial charge < -0.3 is 9.88 Å². The molecule has 3 rings (SSSR count). The van der Waals surface area contributed by atoms with E-state index in [-0.39, 0.29) is 11.9 Å². The molecule has 1 aromatic carbocycles. The van der Waals surface area contributed by atoms with Crippen molar-refractivity contribution in [3.63, 3.8) is 0 Å². The van der Waals surface area contributed by atoms with Crippen molar-refractivity contribution in [3.05, 3.63) is 47.8 Å². The number of fused-ring (bicyclic) bond motifs is 1. The minimum atomic E-state index is 0.0787. The first-order valence-electron chi connectivity index (χ1n) is 8.18. The molecule has 1 aliphatic rings. The summed E-state index contributed by atoms with van der Waals surface area (Å²) in [6.07, 6.45) is 7.02. The third-order valence-electron chi connectivity index (χ3n) is 4.23. The van der Waals surface area contributed by atoms with Crippen LogP contribution in [-0.2, 0) is 11.2 Å². The summed E-state index contributed by atoms with van der Waals surface area (Å²) in [6.45, 7) is 4.23. The zero-order valence-corrected chi connectivity index (χ0v) is 14.5. The second-order valence-corrected chi connectivity index (χ2v) is 7.15. The molecule has 1 aromatic heterocycles. The summed E-state index contributed by atoms with van der Waals surface area (Å²) in [7, 11) is 0. The van der Waals surface area contributed by atoms with Crippen molar-refractivity contribution in [2.45, 2.75) is 50.4 Å². The van der Waals surface area contributed by atoms with Gasteiger partial charge >= 0.3 is 0 Å². The van der Waals surface area contributed by atoms with E-state index in [4.69, 9.17) is 0 Å². The second kappa shape index (κ2) is 7.21. The predicted molar refractivity (Wildman–Crippen MR) is 93.6 cm³/mol. The number of amides is 1. The Balaban J connectivity index is 1.59. The van der Waals surface area contributed by atoms with Gasteiger partial charge in [-0.15, -0.1) is 0 Å². The smallest absolute Gasteiger partial charge is 0.230 e. The van der Waals surface area contributed by atoms with Crippen molar-refractivity contribution in [1.29, 1.82) is 0 Å². The highest BCUT2D eigenvalue weighted by molar-refractivity contribution is 7.99. The van der Waals surface area contributed by atoms with E-state index >= 15 is 0 Å². The Bertz CT molecular complexity index is 680. The molecular formula is C18H23N3OS. The van der Waals surface area contributed by atoms with Crippen molar-refractivity contribution in [3.8, 4) is 0 Å². The number of thioether (sulfide) groups is 1. The molecule has 0 spiro atoms. The Hall–Kier alpha value is -1.75. The van der Waals surface area contributed by atoms with Crippen LogP contribution in [0.15, 0.2) is 41.8 Å². The molecule has 122 valence electrons. The van der Waals surface area contributed by atoms with Crippen molar-refractivity contribution in [2.75, 3.05) is 5.75 Å². The van der Waals surface area contributed by atoms with Crippen molar-refractivity contribution >= 4 is 17.7 Å². The highest BCUT2D eigenvalue weighted by Gasteiger charge is 2.21. The average molecular weight is 329 g/mol. The lowest BCUT2D eigenvalue weighted by Crippen LogP contribution is -2.32. The molecule has 0 radical (unpaired) electrons. The first kappa shape index (κ1) is 16.1. The molecule has 2 aromatic rings. The molecule has 0 saturated carbocycles. The van der Waals surface area contributed by atoms with Gasteiger partial charge in [0.05, 0.1) is 11.8 Å². The van der Waals surface area contributed by atoms with E-state index in [2.05, 4.69) is 53.0 Å². The lowest BCUT2D eigenvalue weighted by Gasteiger charge is -2.26. The minimum Gasteiger partial charge on any atom is -0.349 e. The van der Waals surface area contributed by atoms with Gasteiger partial charge in [-0.25, -0.2) is 4.98 Å². The summed E-state index contributed by atoms with van der Waals surface area (Å²) >= 11 is 1.50. The molecule has 5 heteroatoms. The van der Waals surface area contributed by atoms with Crippen LogP contribution in [0, 0.1) is 0 Å². The van der Waals surface area contributed by atoms with E-state index in [9.17, 15) is 4.79 Å². The van der Waals surface area contributed by atoms with Gasteiger partial charge in [0.2, 0.25) is 5.91 Å². The van der Waals surface area contributed by atoms with Crippen LogP contribution in [0.1, 0.15) is 49.9 Å². The van der Waals surface area contributed by atoms with Crippen molar-refractivity contribution in [2.24, 2.45) is 0 Å². The quantitative estimate of drug-likeness (QED) is 0.850. The number of carbonyl (C=O) groups is 1. The zero-order chi connectivity index (χ0) is 16.2. The maximum Gasteiger partial charge on any atom is 0.230 e. The molecule has 23 heavy (non-hydrogen) atoms. The van der Waals surface area contributed by atoms with E-state index in [0.29, 0.717) is 11.8 Å². The van der Waals surface area contributed by atoms with Crippen LogP contribution in [0.2, 0.25) is 0 Å². The Labute approximate surface area is 141 Å². The highest BCUT2D eigenvalue weighted by Crippen LogP contribution is 2.29. The molecule has 1 amide bonds. The minimum absolute atomic E-state index is 0.0787. The SMILES string of the molecule is CC(C)n1ccnc1SCC(=O)N[C@@H]1CCCc2ccccc21. The third-order valence-corrected chi connectivity index (χ3v) is 5.21. The first-order valence-corrected chi connectivity index (χ1v) is 9.16. The number of imidazole rings is 1. The lowest BCUT2D eigenvalue weighted by atomic mass is 9.88. The van der Waals surface area contributed by atoms with Gasteiger partial charge in [0, 0.05) is 18.4 Å². The normalized spacial score (nSPS) is 17.1. The number of nitrogens with one attached hydrogen (secondary N) is 1. The van der Waals surface area contributed by atoms with E-state index in [0.717, 1.165) is 24.4 Å². The van der Waals surface area contributed by atoms with Crippen LogP contribution in [0.25, 0.3) is 0 Å². The Morgan fingerprint density at radius 2 is 2.26 bits per heavy atom. The molecule has 0 fully saturated rings. The highest BCUT2D eigenvalue weighted by atomic mass is 32.2. The lowest BCUT2D eigenvalue weighted by molar-refractivity contribution is -0.119. The van der Waals surface area contributed by atoms with Crippen molar-refractivity contribution < 1.29 is 4.79 Å². The number of hydrogen-bond acceptors (Lipinski definition) is 3. The predicted octanol–water partition coefficient (Wildman–Crippen LogP) is 3.75. The van der Waals surface area contributed by atoms with Gasteiger partial charge in [-0.3, -0.25) is 4.79 Å². The van der Waals surface area contributed by atoms with Crippen LogP contribution in [0.5, 0.6) is 0 Å². The number of nitrogens with zero attached hydrogens (tertiary/aromatic N) is 2. The van der Waals surface area contributed by atoms with Gasteiger partial charge in [0.25, 0.3) is 0 Å². The van der Waals surface area contributed by atoms with Crippen LogP contribution in [0.4, 0.5) is 0 Å². The average Bonchev–Trinajstić information content (AvgIpc) is 3.02. The molecule has 1 heterocycles. The molecule has 0 unspecified atom stereocenters. The first-order chi connectivity index (χ1) is 11.1. The Kier molecular flexibility index (Phi) is 5.06. The van der Waals surface area contributed by atoms with E-state index < -0.39 is 0 Å². The molecule has 4 nitrogen and oxygen atoms in total. The molecule has 0 saturated heterocycles. The molecule has 0 aliphatic heterocycles. The second-order valence-electron chi connectivity index (χ2n) is 6.21. The van der Waals surface area contributed by atoms with Crippen LogP contribution in [-0.4, -0.2) is 21.2 Å². The fourth-order valence-corrected chi connectivity index (χ4v) is 3.97. The summed E-state index contributed by atoms with van der Waals surface area (Å²) in [5.41, 5.74) is 2.65. The van der Waals surface area contributed by atoms with Gasteiger partial charge in [-0.05, 0) is 44.2 Å². The number of hydrogen-bond donors (Lipinski definition) is 1. The van der Waals surface area contributed by atoms with Gasteiger partial charge in [-0.1, -0.05) is 36.0 Å². The molecule has 1 N–H and O–H groups in total. The molecule has 1 aliphatic carbocycles. The monoisotopic (exact) mass is 329 g/mol. The molecular weight excluding hydrogens is 306 g/mol. The summed E-state index contributed by atoms with van der Waals surface area (Å²) in [5.74, 6) is 0.484. The van der Waals surface area contributed by atoms with Crippen LogP contribution >= 0.6 is 11.8 Å². The fourth-order valence-electron chi connectivity index (χ4n) is 3.07. The molecule has 1 atom stereocenters.